The van der Waals surface area contributed by atoms with Gasteiger partial charge in [-0.3, -0.25) is 9.48 Å². The van der Waals surface area contributed by atoms with E-state index in [2.05, 4.69) is 10.4 Å². The van der Waals surface area contributed by atoms with Gasteiger partial charge in [-0.1, -0.05) is 54.1 Å². The zero-order chi connectivity index (χ0) is 18.7. The number of aromatic nitrogens is 2. The molecular formula is C21H22ClN3O. The van der Waals surface area contributed by atoms with Gasteiger partial charge < -0.3 is 5.32 Å². The second-order valence-electron chi connectivity index (χ2n) is 6.42. The van der Waals surface area contributed by atoms with Crippen molar-refractivity contribution in [3.63, 3.8) is 0 Å². The number of nitrogens with one attached hydrogen (secondary N) is 1. The van der Waals surface area contributed by atoms with Crippen LogP contribution >= 0.6 is 11.6 Å². The van der Waals surface area contributed by atoms with E-state index in [9.17, 15) is 4.79 Å². The molecule has 3 aromatic rings. The summed E-state index contributed by atoms with van der Waals surface area (Å²) in [5, 5.41) is 8.19. The Labute approximate surface area is 158 Å². The normalized spacial score (nSPS) is 12.0. The van der Waals surface area contributed by atoms with E-state index in [0.29, 0.717) is 11.4 Å². The van der Waals surface area contributed by atoms with Crippen molar-refractivity contribution in [2.75, 3.05) is 0 Å². The van der Waals surface area contributed by atoms with Crippen LogP contribution in [0.4, 0.5) is 0 Å². The van der Waals surface area contributed by atoms with E-state index in [1.807, 2.05) is 80.2 Å². The van der Waals surface area contributed by atoms with Crippen LogP contribution in [0.25, 0.3) is 0 Å². The summed E-state index contributed by atoms with van der Waals surface area (Å²) in [6.07, 6.45) is 0.301. The first-order chi connectivity index (χ1) is 12.5. The number of halogens is 1. The van der Waals surface area contributed by atoms with Gasteiger partial charge in [0.1, 0.15) is 0 Å². The van der Waals surface area contributed by atoms with Gasteiger partial charge in [-0.25, -0.2) is 0 Å². The number of benzene rings is 2. The molecule has 3 rings (SSSR count). The summed E-state index contributed by atoms with van der Waals surface area (Å²) in [7, 11) is 1.89. The number of carbonyl (C=O) groups excluding carboxylic acids is 1. The van der Waals surface area contributed by atoms with E-state index < -0.39 is 0 Å². The molecule has 0 aliphatic rings. The molecule has 1 unspecified atom stereocenters. The highest BCUT2D eigenvalue weighted by molar-refractivity contribution is 6.30. The highest BCUT2D eigenvalue weighted by Crippen LogP contribution is 2.25. The smallest absolute Gasteiger partial charge is 0.225 e. The molecule has 1 N–H and O–H groups in total. The summed E-state index contributed by atoms with van der Waals surface area (Å²) >= 11 is 6.16. The fourth-order valence-corrected chi connectivity index (χ4v) is 3.34. The van der Waals surface area contributed by atoms with E-state index in [1.54, 1.807) is 0 Å². The molecule has 26 heavy (non-hydrogen) atoms. The summed E-state index contributed by atoms with van der Waals surface area (Å²) in [5.41, 5.74) is 4.85. The highest BCUT2D eigenvalue weighted by Gasteiger charge is 2.19. The van der Waals surface area contributed by atoms with Crippen LogP contribution in [0.5, 0.6) is 0 Å². The number of nitrogens with zero attached hydrogens (tertiary/aromatic N) is 2. The molecule has 0 bridgehead atoms. The van der Waals surface area contributed by atoms with E-state index in [0.717, 1.165) is 28.1 Å². The topological polar surface area (TPSA) is 46.9 Å². The van der Waals surface area contributed by atoms with Gasteiger partial charge in [0, 0.05) is 23.3 Å². The van der Waals surface area contributed by atoms with Crippen molar-refractivity contribution in [3.05, 3.63) is 87.7 Å². The van der Waals surface area contributed by atoms with Crippen LogP contribution in [0.2, 0.25) is 5.02 Å². The molecule has 0 aliphatic carbocycles. The number of amides is 1. The van der Waals surface area contributed by atoms with Crippen LogP contribution in [0, 0.1) is 13.8 Å². The maximum absolute atomic E-state index is 12.8. The molecule has 1 heterocycles. The lowest BCUT2D eigenvalue weighted by molar-refractivity contribution is -0.121. The second-order valence-corrected chi connectivity index (χ2v) is 6.85. The predicted molar refractivity (Wildman–Crippen MR) is 104 cm³/mol. The van der Waals surface area contributed by atoms with Gasteiger partial charge in [0.05, 0.1) is 18.2 Å². The molecule has 1 aromatic heterocycles. The first kappa shape index (κ1) is 18.2. The Morgan fingerprint density at radius 2 is 1.81 bits per heavy atom. The van der Waals surface area contributed by atoms with Gasteiger partial charge in [-0.15, -0.1) is 0 Å². The SMILES string of the molecule is Cc1nn(C)c(C)c1CC(=O)NC(c1ccccc1)c1cccc(Cl)c1. The fraction of sp³-hybridized carbons (Fsp3) is 0.238. The van der Waals surface area contributed by atoms with E-state index in [4.69, 9.17) is 11.6 Å². The van der Waals surface area contributed by atoms with Gasteiger partial charge in [0.2, 0.25) is 5.91 Å². The van der Waals surface area contributed by atoms with Crippen LogP contribution in [0.3, 0.4) is 0 Å². The average molecular weight is 368 g/mol. The molecule has 1 amide bonds. The Hall–Kier alpha value is -2.59. The van der Waals surface area contributed by atoms with Crippen LogP contribution in [0.1, 0.15) is 34.1 Å². The van der Waals surface area contributed by atoms with Gasteiger partial charge in [-0.05, 0) is 37.1 Å². The first-order valence-corrected chi connectivity index (χ1v) is 8.92. The van der Waals surface area contributed by atoms with Crippen LogP contribution in [-0.2, 0) is 18.3 Å². The molecule has 0 saturated heterocycles. The van der Waals surface area contributed by atoms with Crippen molar-refractivity contribution < 1.29 is 4.79 Å². The van der Waals surface area contributed by atoms with Crippen LogP contribution in [-0.4, -0.2) is 15.7 Å². The van der Waals surface area contributed by atoms with Crippen molar-refractivity contribution in [1.29, 1.82) is 0 Å². The minimum atomic E-state index is -0.250. The third-order valence-electron chi connectivity index (χ3n) is 4.62. The van der Waals surface area contributed by atoms with Crippen molar-refractivity contribution >= 4 is 17.5 Å². The zero-order valence-electron chi connectivity index (χ0n) is 15.2. The lowest BCUT2D eigenvalue weighted by Gasteiger charge is -2.20. The minimum Gasteiger partial charge on any atom is -0.345 e. The summed E-state index contributed by atoms with van der Waals surface area (Å²) in [4.78, 5) is 12.8. The summed E-state index contributed by atoms with van der Waals surface area (Å²) in [5.74, 6) is -0.0435. The number of rotatable bonds is 5. The highest BCUT2D eigenvalue weighted by atomic mass is 35.5. The van der Waals surface area contributed by atoms with E-state index >= 15 is 0 Å². The Morgan fingerprint density at radius 3 is 2.42 bits per heavy atom. The molecule has 2 aromatic carbocycles. The third kappa shape index (κ3) is 3.97. The minimum absolute atomic E-state index is 0.0435. The van der Waals surface area contributed by atoms with Crippen LogP contribution < -0.4 is 5.32 Å². The van der Waals surface area contributed by atoms with Crippen molar-refractivity contribution in [1.82, 2.24) is 15.1 Å². The lowest BCUT2D eigenvalue weighted by Crippen LogP contribution is -2.30. The Balaban J connectivity index is 1.87. The quantitative estimate of drug-likeness (QED) is 0.736. The van der Waals surface area contributed by atoms with Crippen molar-refractivity contribution in [3.8, 4) is 0 Å². The number of hydrogen-bond donors (Lipinski definition) is 1. The van der Waals surface area contributed by atoms with Crippen molar-refractivity contribution in [2.24, 2.45) is 7.05 Å². The van der Waals surface area contributed by atoms with Crippen LogP contribution in [0.15, 0.2) is 54.6 Å². The maximum atomic E-state index is 12.8. The number of aryl methyl sites for hydroxylation is 2. The summed E-state index contributed by atoms with van der Waals surface area (Å²) in [6, 6.07) is 17.3. The number of hydrogen-bond acceptors (Lipinski definition) is 2. The molecule has 0 aliphatic heterocycles. The van der Waals surface area contributed by atoms with Gasteiger partial charge in [-0.2, -0.15) is 5.10 Å². The van der Waals surface area contributed by atoms with Crippen molar-refractivity contribution in [2.45, 2.75) is 26.3 Å². The van der Waals surface area contributed by atoms with E-state index in [-0.39, 0.29) is 11.9 Å². The third-order valence-corrected chi connectivity index (χ3v) is 4.85. The monoisotopic (exact) mass is 367 g/mol. The molecular weight excluding hydrogens is 346 g/mol. The molecule has 0 radical (unpaired) electrons. The van der Waals surface area contributed by atoms with Gasteiger partial charge >= 0.3 is 0 Å². The summed E-state index contributed by atoms with van der Waals surface area (Å²) in [6.45, 7) is 3.91. The fourth-order valence-electron chi connectivity index (χ4n) is 3.14. The molecule has 0 fully saturated rings. The molecule has 1 atom stereocenters. The van der Waals surface area contributed by atoms with E-state index in [1.165, 1.54) is 0 Å². The van der Waals surface area contributed by atoms with Gasteiger partial charge in [0.25, 0.3) is 0 Å². The first-order valence-electron chi connectivity index (χ1n) is 8.54. The molecule has 5 heteroatoms. The Kier molecular flexibility index (Phi) is 5.43. The maximum Gasteiger partial charge on any atom is 0.225 e. The standard InChI is InChI=1S/C21H22ClN3O/c1-14-19(15(2)25(3)24-14)13-20(26)23-21(16-8-5-4-6-9-16)17-10-7-11-18(22)12-17/h4-12,21H,13H2,1-3H3,(H,23,26). The largest absolute Gasteiger partial charge is 0.345 e. The molecule has 4 nitrogen and oxygen atoms in total. The zero-order valence-corrected chi connectivity index (χ0v) is 15.9. The average Bonchev–Trinajstić information content (AvgIpc) is 2.86. The Morgan fingerprint density at radius 1 is 1.12 bits per heavy atom. The second kappa shape index (κ2) is 7.75. The predicted octanol–water partition coefficient (Wildman–Crippen LogP) is 4.14. The Bertz CT molecular complexity index is 918. The lowest BCUT2D eigenvalue weighted by atomic mass is 9.98. The molecule has 0 saturated carbocycles. The number of carbonyl (C=O) groups is 1. The molecule has 134 valence electrons. The molecule has 0 spiro atoms. The van der Waals surface area contributed by atoms with Gasteiger partial charge in [0.15, 0.2) is 0 Å². The summed E-state index contributed by atoms with van der Waals surface area (Å²) < 4.78 is 1.81.